The van der Waals surface area contributed by atoms with E-state index in [1.807, 2.05) is 48.5 Å². The maximum absolute atomic E-state index is 12.8. The number of ether oxygens (including phenoxy) is 1. The van der Waals surface area contributed by atoms with Crippen molar-refractivity contribution in [2.24, 2.45) is 0 Å². The molecule has 0 spiro atoms. The first-order valence-corrected chi connectivity index (χ1v) is 10.6. The van der Waals surface area contributed by atoms with Gasteiger partial charge >= 0.3 is 5.97 Å². The van der Waals surface area contributed by atoms with Crippen molar-refractivity contribution in [3.63, 3.8) is 0 Å². The summed E-state index contributed by atoms with van der Waals surface area (Å²) in [5.74, 6) is -0.965. The van der Waals surface area contributed by atoms with Crippen LogP contribution in [0.2, 0.25) is 0 Å². The van der Waals surface area contributed by atoms with E-state index in [0.717, 1.165) is 22.3 Å². The quantitative estimate of drug-likeness (QED) is 0.798. The molecule has 0 heterocycles. The fourth-order valence-corrected chi connectivity index (χ4v) is 4.94. The monoisotopic (exact) mass is 387 g/mol. The molecule has 0 aliphatic heterocycles. The average Bonchev–Trinajstić information content (AvgIpc) is 2.87. The normalized spacial score (nSPS) is 15.1. The first-order chi connectivity index (χ1) is 12.6. The number of esters is 1. The highest BCUT2D eigenvalue weighted by atomic mass is 32.2. The molecule has 6 heteroatoms. The standard InChI is InChI=1S/C21H25NO4S/c1-14(20(23)26-21(2,3)4)22-27(24,25)13-19-17-11-7-5-9-15(17)16-10-6-8-12-18(16)19/h5-12,14,19,22H,13H2,1-4H3/t14-/m0/s1. The zero-order valence-corrected chi connectivity index (χ0v) is 16.8. The highest BCUT2D eigenvalue weighted by Gasteiger charge is 2.33. The van der Waals surface area contributed by atoms with Crippen molar-refractivity contribution in [3.05, 3.63) is 59.7 Å². The number of sulfonamides is 1. The number of nitrogens with one attached hydrogen (secondary N) is 1. The van der Waals surface area contributed by atoms with Gasteiger partial charge < -0.3 is 4.74 Å². The van der Waals surface area contributed by atoms with Gasteiger partial charge in [0.25, 0.3) is 0 Å². The van der Waals surface area contributed by atoms with E-state index < -0.39 is 27.6 Å². The molecule has 1 N–H and O–H groups in total. The van der Waals surface area contributed by atoms with Gasteiger partial charge in [-0.1, -0.05) is 48.5 Å². The number of rotatable bonds is 5. The van der Waals surface area contributed by atoms with Crippen LogP contribution in [-0.4, -0.2) is 31.8 Å². The molecule has 0 amide bonds. The summed E-state index contributed by atoms with van der Waals surface area (Å²) in [5, 5.41) is 0. The summed E-state index contributed by atoms with van der Waals surface area (Å²) < 4.78 is 33.3. The molecule has 0 radical (unpaired) electrons. The fourth-order valence-electron chi connectivity index (χ4n) is 3.41. The second-order valence-corrected chi connectivity index (χ2v) is 9.68. The average molecular weight is 388 g/mol. The molecule has 5 nitrogen and oxygen atoms in total. The Labute approximate surface area is 160 Å². The summed E-state index contributed by atoms with van der Waals surface area (Å²) in [7, 11) is -3.70. The zero-order chi connectivity index (χ0) is 19.8. The van der Waals surface area contributed by atoms with Crippen LogP contribution in [0, 0.1) is 0 Å². The summed E-state index contributed by atoms with van der Waals surface area (Å²) >= 11 is 0. The van der Waals surface area contributed by atoms with Gasteiger partial charge in [0.05, 0.1) is 5.75 Å². The van der Waals surface area contributed by atoms with Gasteiger partial charge in [-0.15, -0.1) is 0 Å². The molecule has 2 aromatic carbocycles. The minimum absolute atomic E-state index is 0.117. The summed E-state index contributed by atoms with van der Waals surface area (Å²) in [5.41, 5.74) is 3.45. The summed E-state index contributed by atoms with van der Waals surface area (Å²) in [4.78, 5) is 12.1. The third-order valence-electron chi connectivity index (χ3n) is 4.47. The lowest BCUT2D eigenvalue weighted by Crippen LogP contribution is -2.43. The van der Waals surface area contributed by atoms with E-state index in [0.29, 0.717) is 0 Å². The summed E-state index contributed by atoms with van der Waals surface area (Å²) in [6.07, 6.45) is 0. The molecule has 1 atom stereocenters. The molecule has 0 bridgehead atoms. The second kappa shape index (κ2) is 7.09. The van der Waals surface area contributed by atoms with Gasteiger partial charge in [0.2, 0.25) is 10.0 Å². The Morgan fingerprint density at radius 3 is 2.00 bits per heavy atom. The summed E-state index contributed by atoms with van der Waals surface area (Å²) in [6, 6.07) is 14.8. The van der Waals surface area contributed by atoms with Crippen molar-refractivity contribution in [1.82, 2.24) is 4.72 Å². The number of hydrogen-bond donors (Lipinski definition) is 1. The first kappa shape index (κ1) is 19.6. The van der Waals surface area contributed by atoms with Crippen molar-refractivity contribution in [1.29, 1.82) is 0 Å². The van der Waals surface area contributed by atoms with Gasteiger partial charge in [0, 0.05) is 5.92 Å². The predicted octanol–water partition coefficient (Wildman–Crippen LogP) is 3.45. The Bertz CT molecular complexity index is 915. The van der Waals surface area contributed by atoms with Gasteiger partial charge in [-0.2, -0.15) is 0 Å². The largest absolute Gasteiger partial charge is 0.459 e. The lowest BCUT2D eigenvalue weighted by atomic mass is 9.99. The third-order valence-corrected chi connectivity index (χ3v) is 5.95. The molecule has 0 fully saturated rings. The van der Waals surface area contributed by atoms with E-state index in [9.17, 15) is 13.2 Å². The molecule has 27 heavy (non-hydrogen) atoms. The molecule has 0 saturated carbocycles. The molecular formula is C21H25NO4S. The van der Waals surface area contributed by atoms with Crippen molar-refractivity contribution >= 4 is 16.0 Å². The second-order valence-electron chi connectivity index (χ2n) is 7.88. The molecule has 2 aromatic rings. The van der Waals surface area contributed by atoms with Gasteiger partial charge in [0.15, 0.2) is 0 Å². The van der Waals surface area contributed by atoms with E-state index in [-0.39, 0.29) is 11.7 Å². The minimum Gasteiger partial charge on any atom is -0.459 e. The summed E-state index contributed by atoms with van der Waals surface area (Å²) in [6.45, 7) is 6.75. The van der Waals surface area contributed by atoms with E-state index in [2.05, 4.69) is 4.72 Å². The van der Waals surface area contributed by atoms with Crippen molar-refractivity contribution < 1.29 is 17.9 Å². The highest BCUT2D eigenvalue weighted by molar-refractivity contribution is 7.89. The third kappa shape index (κ3) is 4.39. The molecular weight excluding hydrogens is 362 g/mol. The Morgan fingerprint density at radius 2 is 1.52 bits per heavy atom. The zero-order valence-electron chi connectivity index (χ0n) is 16.0. The molecule has 1 aliphatic rings. The Kier molecular flexibility index (Phi) is 5.14. The molecule has 144 valence electrons. The van der Waals surface area contributed by atoms with Gasteiger partial charge in [-0.25, -0.2) is 13.1 Å². The highest BCUT2D eigenvalue weighted by Crippen LogP contribution is 2.44. The molecule has 0 unspecified atom stereocenters. The van der Waals surface area contributed by atoms with E-state index >= 15 is 0 Å². The number of benzene rings is 2. The Balaban J connectivity index is 1.81. The maximum Gasteiger partial charge on any atom is 0.324 e. The first-order valence-electron chi connectivity index (χ1n) is 8.98. The van der Waals surface area contributed by atoms with Crippen molar-refractivity contribution in [2.75, 3.05) is 5.75 Å². The van der Waals surface area contributed by atoms with Crippen LogP contribution in [0.1, 0.15) is 44.7 Å². The van der Waals surface area contributed by atoms with Crippen LogP contribution in [-0.2, 0) is 19.6 Å². The fraction of sp³-hybridized carbons (Fsp3) is 0.381. The van der Waals surface area contributed by atoms with Crippen LogP contribution in [0.15, 0.2) is 48.5 Å². The van der Waals surface area contributed by atoms with Gasteiger partial charge in [-0.05, 0) is 49.9 Å². The van der Waals surface area contributed by atoms with Crippen LogP contribution in [0.3, 0.4) is 0 Å². The topological polar surface area (TPSA) is 72.5 Å². The van der Waals surface area contributed by atoms with E-state index in [4.69, 9.17) is 4.74 Å². The van der Waals surface area contributed by atoms with Gasteiger partial charge in [0.1, 0.15) is 11.6 Å². The maximum atomic E-state index is 12.8. The molecule has 1 aliphatic carbocycles. The van der Waals surface area contributed by atoms with Gasteiger partial charge in [-0.3, -0.25) is 4.79 Å². The van der Waals surface area contributed by atoms with Crippen LogP contribution in [0.25, 0.3) is 11.1 Å². The number of fused-ring (bicyclic) bond motifs is 3. The van der Waals surface area contributed by atoms with Crippen LogP contribution in [0.4, 0.5) is 0 Å². The minimum atomic E-state index is -3.70. The van der Waals surface area contributed by atoms with Crippen LogP contribution < -0.4 is 4.72 Å². The molecule has 0 aromatic heterocycles. The van der Waals surface area contributed by atoms with Crippen LogP contribution in [0.5, 0.6) is 0 Å². The molecule has 3 rings (SSSR count). The van der Waals surface area contributed by atoms with E-state index in [1.165, 1.54) is 6.92 Å². The predicted molar refractivity (Wildman–Crippen MR) is 106 cm³/mol. The Morgan fingerprint density at radius 1 is 1.04 bits per heavy atom. The SMILES string of the molecule is C[C@H](NS(=O)(=O)CC1c2ccccc2-c2ccccc21)C(=O)OC(C)(C)C. The molecule has 0 saturated heterocycles. The van der Waals surface area contributed by atoms with E-state index in [1.54, 1.807) is 20.8 Å². The lowest BCUT2D eigenvalue weighted by Gasteiger charge is -2.23. The van der Waals surface area contributed by atoms with Crippen molar-refractivity contribution in [3.8, 4) is 11.1 Å². The Hall–Kier alpha value is -2.18. The number of hydrogen-bond acceptors (Lipinski definition) is 4. The smallest absolute Gasteiger partial charge is 0.324 e. The lowest BCUT2D eigenvalue weighted by molar-refractivity contribution is -0.156. The van der Waals surface area contributed by atoms with Crippen molar-refractivity contribution in [2.45, 2.75) is 45.3 Å². The number of carbonyl (C=O) groups is 1. The number of carbonyl (C=O) groups excluding carboxylic acids is 1. The van der Waals surface area contributed by atoms with Crippen LogP contribution >= 0.6 is 0 Å².